The second-order valence-corrected chi connectivity index (χ2v) is 7.71. The van der Waals surface area contributed by atoms with Gasteiger partial charge in [-0.2, -0.15) is 4.98 Å². The molecule has 4 rings (SSSR count). The summed E-state index contributed by atoms with van der Waals surface area (Å²) in [6.45, 7) is 1.58. The van der Waals surface area contributed by atoms with Crippen LogP contribution in [0.25, 0.3) is 16.0 Å². The summed E-state index contributed by atoms with van der Waals surface area (Å²) in [4.78, 5) is 47.8. The van der Waals surface area contributed by atoms with Crippen LogP contribution in [-0.4, -0.2) is 56.7 Å². The van der Waals surface area contributed by atoms with Gasteiger partial charge in [-0.15, -0.1) is 5.10 Å². The minimum Gasteiger partial charge on any atom is -0.462 e. The van der Waals surface area contributed by atoms with Gasteiger partial charge < -0.3 is 15.0 Å². The third kappa shape index (κ3) is 3.84. The molecule has 0 bridgehead atoms. The monoisotopic (exact) mass is 441 g/mol. The van der Waals surface area contributed by atoms with E-state index in [1.165, 1.54) is 22.1 Å². The maximum Gasteiger partial charge on any atom is 0.352 e. The van der Waals surface area contributed by atoms with Gasteiger partial charge in [-0.1, -0.05) is 23.5 Å². The molecule has 0 unspecified atom stereocenters. The molecule has 0 spiro atoms. The molecule has 4 aromatic rings. The Labute approximate surface area is 179 Å². The average Bonchev–Trinajstić information content (AvgIpc) is 3.30. The molecule has 1 N–H and O–H groups in total. The maximum absolute atomic E-state index is 12.7. The summed E-state index contributed by atoms with van der Waals surface area (Å²) >= 11 is 1.35. The van der Waals surface area contributed by atoms with Crippen LogP contribution in [0.1, 0.15) is 17.3 Å². The lowest BCUT2D eigenvalue weighted by atomic mass is 10.2. The highest BCUT2D eigenvalue weighted by atomic mass is 32.1. The molecular weight excluding hydrogens is 422 g/mol. The lowest BCUT2D eigenvalue weighted by molar-refractivity contribution is -0.117. The number of benzene rings is 1. The molecule has 0 saturated heterocycles. The van der Waals surface area contributed by atoms with Crippen LogP contribution in [0.5, 0.6) is 0 Å². The second-order valence-electron chi connectivity index (χ2n) is 6.74. The van der Waals surface area contributed by atoms with Crippen LogP contribution in [0.15, 0.2) is 35.4 Å². The molecule has 160 valence electrons. The van der Waals surface area contributed by atoms with Crippen molar-refractivity contribution in [2.24, 2.45) is 0 Å². The first kappa shape index (κ1) is 20.5. The van der Waals surface area contributed by atoms with Crippen LogP contribution in [0.2, 0.25) is 0 Å². The fraction of sp³-hybridized carbons (Fsp3) is 0.263. The molecule has 0 saturated carbocycles. The molecule has 1 amide bonds. The average molecular weight is 441 g/mol. The van der Waals surface area contributed by atoms with E-state index in [2.05, 4.69) is 20.4 Å². The number of hydrogen-bond acceptors (Lipinski definition) is 9. The molecule has 11 nitrogen and oxygen atoms in total. The van der Waals surface area contributed by atoms with Crippen molar-refractivity contribution in [2.45, 2.75) is 13.5 Å². The predicted octanol–water partition coefficient (Wildman–Crippen LogP) is 1.38. The van der Waals surface area contributed by atoms with E-state index in [9.17, 15) is 14.4 Å². The van der Waals surface area contributed by atoms with Crippen LogP contribution in [0.4, 0.5) is 10.8 Å². The second kappa shape index (κ2) is 8.14. The van der Waals surface area contributed by atoms with Gasteiger partial charge in [-0.3, -0.25) is 4.79 Å². The van der Waals surface area contributed by atoms with E-state index in [0.717, 1.165) is 9.81 Å². The highest BCUT2D eigenvalue weighted by molar-refractivity contribution is 7.22. The number of hydrogen-bond donors (Lipinski definition) is 1. The Bertz CT molecular complexity index is 1350. The van der Waals surface area contributed by atoms with E-state index < -0.39 is 17.6 Å². The summed E-state index contributed by atoms with van der Waals surface area (Å²) < 4.78 is 7.99. The number of fused-ring (bicyclic) bond motifs is 3. The lowest BCUT2D eigenvalue weighted by Gasteiger charge is -2.10. The van der Waals surface area contributed by atoms with Crippen molar-refractivity contribution < 1.29 is 14.3 Å². The normalized spacial score (nSPS) is 11.1. The Kier molecular flexibility index (Phi) is 5.38. The van der Waals surface area contributed by atoms with Crippen molar-refractivity contribution in [2.75, 3.05) is 30.9 Å². The number of ether oxygens (including phenoxy) is 1. The van der Waals surface area contributed by atoms with E-state index in [1.807, 2.05) is 19.0 Å². The SMILES string of the molecule is CCOC(=O)c1ccccc1NC(=O)Cn1nc2c3sc(N(C)C)nc3ncn2c1=O. The van der Waals surface area contributed by atoms with Crippen LogP contribution >= 0.6 is 11.3 Å². The van der Waals surface area contributed by atoms with Gasteiger partial charge in [0, 0.05) is 14.1 Å². The number of para-hydroxylation sites is 1. The molecule has 0 aliphatic rings. The predicted molar refractivity (Wildman–Crippen MR) is 116 cm³/mol. The summed E-state index contributed by atoms with van der Waals surface area (Å²) in [5.74, 6) is -1.05. The van der Waals surface area contributed by atoms with Crippen LogP contribution in [0, 0.1) is 0 Å². The number of anilines is 2. The summed E-state index contributed by atoms with van der Waals surface area (Å²) in [6, 6.07) is 6.50. The topological polar surface area (TPSA) is 124 Å². The molecule has 0 fully saturated rings. The van der Waals surface area contributed by atoms with Gasteiger partial charge in [0.1, 0.15) is 17.6 Å². The molecule has 1 aromatic carbocycles. The van der Waals surface area contributed by atoms with Gasteiger partial charge in [0.25, 0.3) is 0 Å². The zero-order valence-corrected chi connectivity index (χ0v) is 17.8. The Hall–Kier alpha value is -3.80. The number of carbonyl (C=O) groups excluding carboxylic acids is 2. The summed E-state index contributed by atoms with van der Waals surface area (Å²) in [5.41, 5.74) is 0.876. The Morgan fingerprint density at radius 2 is 2.03 bits per heavy atom. The van der Waals surface area contributed by atoms with Gasteiger partial charge in [0.15, 0.2) is 16.4 Å². The number of nitrogens with zero attached hydrogens (tertiary/aromatic N) is 6. The van der Waals surface area contributed by atoms with Crippen molar-refractivity contribution in [3.8, 4) is 0 Å². The van der Waals surface area contributed by atoms with Gasteiger partial charge in [0.05, 0.1) is 17.9 Å². The largest absolute Gasteiger partial charge is 0.462 e. The Balaban J connectivity index is 1.63. The first-order valence-electron chi connectivity index (χ1n) is 9.37. The van der Waals surface area contributed by atoms with Crippen molar-refractivity contribution in [3.05, 3.63) is 46.6 Å². The zero-order valence-electron chi connectivity index (χ0n) is 17.0. The van der Waals surface area contributed by atoms with Crippen molar-refractivity contribution >= 4 is 50.0 Å². The highest BCUT2D eigenvalue weighted by Crippen LogP contribution is 2.28. The molecule has 0 atom stereocenters. The fourth-order valence-corrected chi connectivity index (χ4v) is 3.84. The summed E-state index contributed by atoms with van der Waals surface area (Å²) in [7, 11) is 3.72. The van der Waals surface area contributed by atoms with E-state index in [-0.39, 0.29) is 18.7 Å². The molecule has 31 heavy (non-hydrogen) atoms. The number of carbonyl (C=O) groups is 2. The molecular formula is C19H19N7O4S. The minimum absolute atomic E-state index is 0.216. The number of nitrogens with one attached hydrogen (secondary N) is 1. The molecule has 12 heteroatoms. The minimum atomic E-state index is -0.543. The fourth-order valence-electron chi connectivity index (χ4n) is 2.92. The maximum atomic E-state index is 12.7. The van der Waals surface area contributed by atoms with E-state index in [1.54, 1.807) is 31.2 Å². The molecule has 3 aromatic heterocycles. The summed E-state index contributed by atoms with van der Waals surface area (Å²) in [6.07, 6.45) is 1.34. The standard InChI is InChI=1S/C19H19N7O4S/c1-4-30-17(28)11-7-5-6-8-12(11)21-13(27)9-26-19(29)25-10-20-15-14(16(25)23-26)31-18(22-15)24(2)3/h5-8,10H,4,9H2,1-3H3,(H,21,27). The van der Waals surface area contributed by atoms with Crippen molar-refractivity contribution in [1.29, 1.82) is 0 Å². The zero-order chi connectivity index (χ0) is 22.1. The molecule has 0 radical (unpaired) electrons. The number of thiazole rings is 1. The van der Waals surface area contributed by atoms with Crippen LogP contribution < -0.4 is 15.9 Å². The smallest absolute Gasteiger partial charge is 0.352 e. The van der Waals surface area contributed by atoms with Crippen molar-refractivity contribution in [1.82, 2.24) is 24.1 Å². The van der Waals surface area contributed by atoms with E-state index in [4.69, 9.17) is 4.74 Å². The first-order chi connectivity index (χ1) is 14.9. The first-order valence-corrected chi connectivity index (χ1v) is 10.2. The Morgan fingerprint density at radius 3 is 2.77 bits per heavy atom. The van der Waals surface area contributed by atoms with Gasteiger partial charge in [0.2, 0.25) is 5.91 Å². The number of esters is 1. The highest BCUT2D eigenvalue weighted by Gasteiger charge is 2.18. The molecule has 0 aliphatic heterocycles. The van der Waals surface area contributed by atoms with Gasteiger partial charge in [-0.05, 0) is 19.1 Å². The van der Waals surface area contributed by atoms with Crippen LogP contribution in [0.3, 0.4) is 0 Å². The van der Waals surface area contributed by atoms with E-state index >= 15 is 0 Å². The van der Waals surface area contributed by atoms with Crippen LogP contribution in [-0.2, 0) is 16.1 Å². The third-order valence-corrected chi connectivity index (χ3v) is 5.55. The van der Waals surface area contributed by atoms with Crippen molar-refractivity contribution in [3.63, 3.8) is 0 Å². The quantitative estimate of drug-likeness (QED) is 0.445. The van der Waals surface area contributed by atoms with E-state index in [0.29, 0.717) is 21.7 Å². The third-order valence-electron chi connectivity index (χ3n) is 4.34. The number of aromatic nitrogens is 5. The Morgan fingerprint density at radius 1 is 1.26 bits per heavy atom. The number of rotatable bonds is 6. The van der Waals surface area contributed by atoms with Gasteiger partial charge in [-0.25, -0.2) is 23.7 Å². The molecule has 3 heterocycles. The summed E-state index contributed by atoms with van der Waals surface area (Å²) in [5, 5.41) is 7.68. The number of amides is 1. The lowest BCUT2D eigenvalue weighted by Crippen LogP contribution is -2.28. The van der Waals surface area contributed by atoms with Gasteiger partial charge >= 0.3 is 11.7 Å². The molecule has 0 aliphatic carbocycles.